The van der Waals surface area contributed by atoms with Crippen molar-refractivity contribution in [1.29, 1.82) is 0 Å². The first-order valence-corrected chi connectivity index (χ1v) is 6.31. The van der Waals surface area contributed by atoms with E-state index in [1.807, 2.05) is 19.9 Å². The van der Waals surface area contributed by atoms with Crippen molar-refractivity contribution in [2.75, 3.05) is 6.54 Å². The van der Waals surface area contributed by atoms with Crippen LogP contribution >= 0.6 is 0 Å². The van der Waals surface area contributed by atoms with Gasteiger partial charge in [-0.1, -0.05) is 26.0 Å². The quantitative estimate of drug-likeness (QED) is 0.868. The van der Waals surface area contributed by atoms with Crippen molar-refractivity contribution in [3.63, 3.8) is 0 Å². The van der Waals surface area contributed by atoms with Crippen molar-refractivity contribution in [3.05, 3.63) is 35.1 Å². The Bertz CT molecular complexity index is 459. The number of amides is 1. The molecule has 1 aliphatic rings. The van der Waals surface area contributed by atoms with Crippen LogP contribution in [-0.2, 0) is 17.8 Å². The fourth-order valence-corrected chi connectivity index (χ4v) is 2.22. The Hall–Kier alpha value is -1.42. The summed E-state index contributed by atoms with van der Waals surface area (Å²) in [5, 5.41) is 0. The second-order valence-corrected chi connectivity index (χ2v) is 5.16. The van der Waals surface area contributed by atoms with Gasteiger partial charge in [0.05, 0.1) is 6.04 Å². The smallest absolute Gasteiger partial charge is 0.240 e. The van der Waals surface area contributed by atoms with Gasteiger partial charge in [0.1, 0.15) is 5.82 Å². The van der Waals surface area contributed by atoms with E-state index in [-0.39, 0.29) is 17.6 Å². The van der Waals surface area contributed by atoms with Crippen molar-refractivity contribution in [2.45, 2.75) is 32.9 Å². The van der Waals surface area contributed by atoms with Crippen molar-refractivity contribution >= 4 is 5.91 Å². The highest BCUT2D eigenvalue weighted by Gasteiger charge is 2.27. The Balaban J connectivity index is 2.17. The highest BCUT2D eigenvalue weighted by atomic mass is 19.1. The highest BCUT2D eigenvalue weighted by Crippen LogP contribution is 2.22. The number of carbonyl (C=O) groups is 1. The Labute approximate surface area is 107 Å². The molecular formula is C14H19FN2O. The number of rotatable bonds is 2. The molecule has 1 aromatic carbocycles. The van der Waals surface area contributed by atoms with E-state index in [0.29, 0.717) is 25.1 Å². The summed E-state index contributed by atoms with van der Waals surface area (Å²) < 4.78 is 13.7. The Kier molecular flexibility index (Phi) is 3.66. The van der Waals surface area contributed by atoms with Gasteiger partial charge in [0.25, 0.3) is 0 Å². The Morgan fingerprint density at radius 1 is 1.44 bits per heavy atom. The van der Waals surface area contributed by atoms with Crippen LogP contribution in [0.1, 0.15) is 25.0 Å². The summed E-state index contributed by atoms with van der Waals surface area (Å²) >= 11 is 0. The molecule has 0 saturated heterocycles. The van der Waals surface area contributed by atoms with Crippen LogP contribution in [0.4, 0.5) is 4.39 Å². The van der Waals surface area contributed by atoms with Crippen LogP contribution in [0.25, 0.3) is 0 Å². The summed E-state index contributed by atoms with van der Waals surface area (Å²) in [6, 6.07) is 4.57. The molecule has 0 bridgehead atoms. The molecule has 18 heavy (non-hydrogen) atoms. The molecule has 1 amide bonds. The molecule has 0 fully saturated rings. The van der Waals surface area contributed by atoms with Gasteiger partial charge in [0, 0.05) is 18.7 Å². The molecule has 1 atom stereocenters. The van der Waals surface area contributed by atoms with E-state index in [1.54, 1.807) is 11.0 Å². The van der Waals surface area contributed by atoms with Gasteiger partial charge < -0.3 is 10.6 Å². The second kappa shape index (κ2) is 5.06. The van der Waals surface area contributed by atoms with Crippen molar-refractivity contribution in [1.82, 2.24) is 4.90 Å². The van der Waals surface area contributed by atoms with Crippen LogP contribution in [0.15, 0.2) is 18.2 Å². The molecule has 1 aliphatic heterocycles. The third-order valence-electron chi connectivity index (χ3n) is 3.53. The average Bonchev–Trinajstić information content (AvgIpc) is 2.37. The number of carbonyl (C=O) groups excluding carboxylic acids is 1. The molecular weight excluding hydrogens is 231 g/mol. The zero-order valence-corrected chi connectivity index (χ0v) is 10.8. The molecule has 0 aliphatic carbocycles. The molecule has 4 heteroatoms. The van der Waals surface area contributed by atoms with E-state index in [9.17, 15) is 9.18 Å². The molecule has 98 valence electrons. The lowest BCUT2D eigenvalue weighted by Crippen LogP contribution is -2.48. The van der Waals surface area contributed by atoms with E-state index in [1.165, 1.54) is 6.07 Å². The van der Waals surface area contributed by atoms with Gasteiger partial charge in [-0.05, 0) is 24.0 Å². The zero-order chi connectivity index (χ0) is 13.3. The lowest BCUT2D eigenvalue weighted by Gasteiger charge is -2.32. The summed E-state index contributed by atoms with van der Waals surface area (Å²) in [5.41, 5.74) is 7.49. The van der Waals surface area contributed by atoms with Gasteiger partial charge in [-0.3, -0.25) is 4.79 Å². The van der Waals surface area contributed by atoms with E-state index in [2.05, 4.69) is 0 Å². The molecule has 1 aromatic rings. The summed E-state index contributed by atoms with van der Waals surface area (Å²) in [6.45, 7) is 4.79. The molecule has 0 radical (unpaired) electrons. The first-order chi connectivity index (χ1) is 8.50. The molecule has 3 nitrogen and oxygen atoms in total. The second-order valence-electron chi connectivity index (χ2n) is 5.16. The lowest BCUT2D eigenvalue weighted by atomic mass is 9.97. The predicted octanol–water partition coefficient (Wildman–Crippen LogP) is 1.69. The fourth-order valence-electron chi connectivity index (χ4n) is 2.22. The maximum absolute atomic E-state index is 13.7. The molecule has 0 saturated carbocycles. The summed E-state index contributed by atoms with van der Waals surface area (Å²) in [5.74, 6) is -0.221. The van der Waals surface area contributed by atoms with Crippen molar-refractivity contribution in [3.8, 4) is 0 Å². The standard InChI is InChI=1S/C14H19FN2O/c1-9(2)13(16)14(18)17-7-6-10-4-3-5-12(15)11(10)8-17/h3-5,9,13H,6-8,16H2,1-2H3/t13-/m0/s1. The number of nitrogens with two attached hydrogens (primary N) is 1. The van der Waals surface area contributed by atoms with E-state index >= 15 is 0 Å². The monoisotopic (exact) mass is 250 g/mol. The summed E-state index contributed by atoms with van der Waals surface area (Å²) in [4.78, 5) is 13.8. The largest absolute Gasteiger partial charge is 0.337 e. The summed E-state index contributed by atoms with van der Waals surface area (Å²) in [7, 11) is 0. The van der Waals surface area contributed by atoms with Crippen LogP contribution in [0.2, 0.25) is 0 Å². The van der Waals surface area contributed by atoms with Gasteiger partial charge in [-0.25, -0.2) is 4.39 Å². The van der Waals surface area contributed by atoms with Gasteiger partial charge in [0.15, 0.2) is 0 Å². The molecule has 0 unspecified atom stereocenters. The SMILES string of the molecule is CC(C)[C@H](N)C(=O)N1CCc2cccc(F)c2C1. The molecule has 0 spiro atoms. The van der Waals surface area contributed by atoms with Gasteiger partial charge >= 0.3 is 0 Å². The van der Waals surface area contributed by atoms with E-state index in [4.69, 9.17) is 5.73 Å². The van der Waals surface area contributed by atoms with Crippen LogP contribution in [0, 0.1) is 11.7 Å². The van der Waals surface area contributed by atoms with Gasteiger partial charge in [-0.2, -0.15) is 0 Å². The van der Waals surface area contributed by atoms with E-state index < -0.39 is 6.04 Å². The normalized spacial score (nSPS) is 16.6. The minimum atomic E-state index is -0.502. The average molecular weight is 250 g/mol. The molecule has 2 rings (SSSR count). The first-order valence-electron chi connectivity index (χ1n) is 6.31. The number of hydrogen-bond donors (Lipinski definition) is 1. The van der Waals surface area contributed by atoms with Crippen molar-refractivity contribution in [2.24, 2.45) is 11.7 Å². The Morgan fingerprint density at radius 2 is 2.17 bits per heavy atom. The summed E-state index contributed by atoms with van der Waals surface area (Å²) in [6.07, 6.45) is 0.698. The van der Waals surface area contributed by atoms with Crippen LogP contribution in [0.3, 0.4) is 0 Å². The maximum Gasteiger partial charge on any atom is 0.240 e. The number of hydrogen-bond acceptors (Lipinski definition) is 2. The third-order valence-corrected chi connectivity index (χ3v) is 3.53. The Morgan fingerprint density at radius 3 is 2.83 bits per heavy atom. The zero-order valence-electron chi connectivity index (χ0n) is 10.8. The molecule has 2 N–H and O–H groups in total. The number of benzene rings is 1. The van der Waals surface area contributed by atoms with Crippen LogP contribution in [0.5, 0.6) is 0 Å². The van der Waals surface area contributed by atoms with Crippen LogP contribution in [-0.4, -0.2) is 23.4 Å². The fraction of sp³-hybridized carbons (Fsp3) is 0.500. The van der Waals surface area contributed by atoms with Crippen molar-refractivity contribution < 1.29 is 9.18 Å². The minimum absolute atomic E-state index is 0.0843. The predicted molar refractivity (Wildman–Crippen MR) is 68.3 cm³/mol. The minimum Gasteiger partial charge on any atom is -0.337 e. The molecule has 1 heterocycles. The van der Waals surface area contributed by atoms with Gasteiger partial charge in [0.2, 0.25) is 5.91 Å². The number of halogens is 1. The number of nitrogens with zero attached hydrogens (tertiary/aromatic N) is 1. The highest BCUT2D eigenvalue weighted by molar-refractivity contribution is 5.82. The first kappa shape index (κ1) is 13.0. The lowest BCUT2D eigenvalue weighted by molar-refractivity contribution is -0.134. The number of fused-ring (bicyclic) bond motifs is 1. The molecule has 0 aromatic heterocycles. The van der Waals surface area contributed by atoms with Gasteiger partial charge in [-0.15, -0.1) is 0 Å². The van der Waals surface area contributed by atoms with Crippen LogP contribution < -0.4 is 5.73 Å². The maximum atomic E-state index is 13.7. The van der Waals surface area contributed by atoms with E-state index in [0.717, 1.165) is 5.56 Å². The topological polar surface area (TPSA) is 46.3 Å². The third kappa shape index (κ3) is 2.38.